The second-order valence-electron chi connectivity index (χ2n) is 4.70. The van der Waals surface area contributed by atoms with Gasteiger partial charge in [-0.1, -0.05) is 25.4 Å². The third kappa shape index (κ3) is 3.89. The number of aryl methyl sites for hydroxylation is 2. The first kappa shape index (κ1) is 14.8. The molecule has 17 heavy (non-hydrogen) atoms. The number of aromatic nitrogens is 2. The minimum absolute atomic E-state index is 0.215. The molecule has 0 aliphatic rings. The molecule has 2 nitrogen and oxygen atoms in total. The molecular weight excluding hydrogens is 255 g/mol. The Kier molecular flexibility index (Phi) is 5.81. The standard InChI is InChI=1S/C13H22Cl2N2/c1-5-11-13(15)12(17(6-2)16-11)8-9(3)7-10(4)14/h9-10H,5-8H2,1-4H3. The topological polar surface area (TPSA) is 17.8 Å². The molecule has 0 saturated heterocycles. The Hall–Kier alpha value is -0.210. The number of hydrogen-bond acceptors (Lipinski definition) is 1. The third-order valence-corrected chi connectivity index (χ3v) is 3.58. The molecule has 0 saturated carbocycles. The first-order valence-electron chi connectivity index (χ1n) is 6.37. The van der Waals surface area contributed by atoms with Crippen molar-refractivity contribution in [1.82, 2.24) is 9.78 Å². The summed E-state index contributed by atoms with van der Waals surface area (Å²) >= 11 is 12.4. The molecule has 0 N–H and O–H groups in total. The fraction of sp³-hybridized carbons (Fsp3) is 0.769. The van der Waals surface area contributed by atoms with E-state index >= 15 is 0 Å². The molecule has 0 amide bonds. The van der Waals surface area contributed by atoms with Crippen LogP contribution >= 0.6 is 23.2 Å². The molecule has 1 aromatic heterocycles. The van der Waals surface area contributed by atoms with Gasteiger partial charge in [-0.25, -0.2) is 0 Å². The second kappa shape index (κ2) is 6.65. The molecule has 0 spiro atoms. The van der Waals surface area contributed by atoms with E-state index in [-0.39, 0.29) is 5.38 Å². The molecule has 0 bridgehead atoms. The fourth-order valence-electron chi connectivity index (χ4n) is 2.18. The van der Waals surface area contributed by atoms with Crippen molar-refractivity contribution in [3.63, 3.8) is 0 Å². The lowest BCUT2D eigenvalue weighted by Crippen LogP contribution is -2.10. The van der Waals surface area contributed by atoms with Crippen LogP contribution in [0.1, 0.15) is 45.5 Å². The molecule has 0 aliphatic carbocycles. The van der Waals surface area contributed by atoms with E-state index in [1.54, 1.807) is 0 Å². The lowest BCUT2D eigenvalue weighted by Gasteiger charge is -2.14. The van der Waals surface area contributed by atoms with Crippen LogP contribution in [0.15, 0.2) is 0 Å². The summed E-state index contributed by atoms with van der Waals surface area (Å²) in [7, 11) is 0. The predicted molar refractivity (Wildman–Crippen MR) is 75.1 cm³/mol. The summed E-state index contributed by atoms with van der Waals surface area (Å²) in [6, 6.07) is 0. The summed E-state index contributed by atoms with van der Waals surface area (Å²) in [6.45, 7) is 9.31. The number of alkyl halides is 1. The van der Waals surface area contributed by atoms with Gasteiger partial charge >= 0.3 is 0 Å². The molecule has 0 aliphatic heterocycles. The molecule has 98 valence electrons. The summed E-state index contributed by atoms with van der Waals surface area (Å²) in [6.07, 6.45) is 2.85. The Morgan fingerprint density at radius 2 is 1.94 bits per heavy atom. The smallest absolute Gasteiger partial charge is 0.0849 e. The van der Waals surface area contributed by atoms with Gasteiger partial charge in [0, 0.05) is 11.9 Å². The van der Waals surface area contributed by atoms with Gasteiger partial charge in [-0.05, 0) is 39.0 Å². The maximum atomic E-state index is 6.37. The maximum Gasteiger partial charge on any atom is 0.0849 e. The molecule has 2 atom stereocenters. The minimum atomic E-state index is 0.215. The van der Waals surface area contributed by atoms with Crippen LogP contribution in [0.25, 0.3) is 0 Å². The van der Waals surface area contributed by atoms with E-state index in [2.05, 4.69) is 25.9 Å². The van der Waals surface area contributed by atoms with Gasteiger partial charge in [0.15, 0.2) is 0 Å². The van der Waals surface area contributed by atoms with Gasteiger partial charge in [-0.3, -0.25) is 4.68 Å². The Morgan fingerprint density at radius 3 is 2.41 bits per heavy atom. The van der Waals surface area contributed by atoms with E-state index in [0.717, 1.165) is 42.2 Å². The van der Waals surface area contributed by atoms with E-state index in [0.29, 0.717) is 5.92 Å². The van der Waals surface area contributed by atoms with E-state index < -0.39 is 0 Å². The normalized spacial score (nSPS) is 14.9. The zero-order valence-corrected chi connectivity index (χ0v) is 12.6. The van der Waals surface area contributed by atoms with Crippen molar-refractivity contribution >= 4 is 23.2 Å². The quantitative estimate of drug-likeness (QED) is 0.708. The van der Waals surface area contributed by atoms with Gasteiger partial charge in [0.1, 0.15) is 0 Å². The molecule has 0 radical (unpaired) electrons. The first-order chi connectivity index (χ1) is 7.99. The fourth-order valence-corrected chi connectivity index (χ4v) is 2.83. The van der Waals surface area contributed by atoms with Crippen molar-refractivity contribution in [3.8, 4) is 0 Å². The van der Waals surface area contributed by atoms with Gasteiger partial charge < -0.3 is 0 Å². The van der Waals surface area contributed by atoms with Crippen LogP contribution in [0, 0.1) is 5.92 Å². The Bertz CT molecular complexity index is 359. The zero-order chi connectivity index (χ0) is 13.0. The van der Waals surface area contributed by atoms with Crippen molar-refractivity contribution in [2.24, 2.45) is 5.92 Å². The van der Waals surface area contributed by atoms with Gasteiger partial charge in [0.25, 0.3) is 0 Å². The largest absolute Gasteiger partial charge is 0.268 e. The SMILES string of the molecule is CCc1nn(CC)c(CC(C)CC(C)Cl)c1Cl. The van der Waals surface area contributed by atoms with Crippen molar-refractivity contribution in [1.29, 1.82) is 0 Å². The molecule has 0 aromatic carbocycles. The highest BCUT2D eigenvalue weighted by Crippen LogP contribution is 2.26. The van der Waals surface area contributed by atoms with Crippen LogP contribution in [0.2, 0.25) is 5.02 Å². The van der Waals surface area contributed by atoms with Crippen LogP contribution in [0.5, 0.6) is 0 Å². The second-order valence-corrected chi connectivity index (χ2v) is 5.83. The summed E-state index contributed by atoms with van der Waals surface area (Å²) < 4.78 is 2.02. The lowest BCUT2D eigenvalue weighted by molar-refractivity contribution is 0.495. The van der Waals surface area contributed by atoms with E-state index in [1.807, 2.05) is 11.6 Å². The van der Waals surface area contributed by atoms with Gasteiger partial charge in [-0.2, -0.15) is 5.10 Å². The molecule has 1 aromatic rings. The summed E-state index contributed by atoms with van der Waals surface area (Å²) in [5.41, 5.74) is 2.17. The zero-order valence-electron chi connectivity index (χ0n) is 11.1. The molecule has 4 heteroatoms. The average molecular weight is 277 g/mol. The monoisotopic (exact) mass is 276 g/mol. The molecule has 0 fully saturated rings. The number of rotatable bonds is 6. The first-order valence-corrected chi connectivity index (χ1v) is 7.19. The van der Waals surface area contributed by atoms with Crippen LogP contribution in [0.3, 0.4) is 0 Å². The Balaban J connectivity index is 2.85. The Labute approximate surface area is 114 Å². The van der Waals surface area contributed by atoms with Crippen LogP contribution in [0.4, 0.5) is 0 Å². The van der Waals surface area contributed by atoms with Crippen molar-refractivity contribution in [2.45, 2.75) is 58.9 Å². The molecule has 2 unspecified atom stereocenters. The predicted octanol–water partition coefficient (Wildman–Crippen LogP) is 4.31. The number of hydrogen-bond donors (Lipinski definition) is 0. The third-order valence-electron chi connectivity index (χ3n) is 2.96. The van der Waals surface area contributed by atoms with Crippen molar-refractivity contribution in [3.05, 3.63) is 16.4 Å². The van der Waals surface area contributed by atoms with Crippen LogP contribution in [-0.2, 0) is 19.4 Å². The minimum Gasteiger partial charge on any atom is -0.268 e. The van der Waals surface area contributed by atoms with E-state index in [4.69, 9.17) is 23.2 Å². The number of halogens is 2. The molecule has 1 heterocycles. The summed E-state index contributed by atoms with van der Waals surface area (Å²) in [4.78, 5) is 0. The summed E-state index contributed by atoms with van der Waals surface area (Å²) in [5, 5.41) is 5.60. The van der Waals surface area contributed by atoms with Crippen LogP contribution < -0.4 is 0 Å². The van der Waals surface area contributed by atoms with Gasteiger partial charge in [0.2, 0.25) is 0 Å². The van der Waals surface area contributed by atoms with Crippen molar-refractivity contribution < 1.29 is 0 Å². The van der Waals surface area contributed by atoms with E-state index in [9.17, 15) is 0 Å². The van der Waals surface area contributed by atoms with Gasteiger partial charge in [-0.15, -0.1) is 11.6 Å². The number of nitrogens with zero attached hydrogens (tertiary/aromatic N) is 2. The Morgan fingerprint density at radius 1 is 1.29 bits per heavy atom. The highest BCUT2D eigenvalue weighted by Gasteiger charge is 2.17. The van der Waals surface area contributed by atoms with Crippen molar-refractivity contribution in [2.75, 3.05) is 0 Å². The van der Waals surface area contributed by atoms with Crippen LogP contribution in [-0.4, -0.2) is 15.2 Å². The lowest BCUT2D eigenvalue weighted by atomic mass is 9.99. The van der Waals surface area contributed by atoms with E-state index in [1.165, 1.54) is 0 Å². The molecule has 1 rings (SSSR count). The highest BCUT2D eigenvalue weighted by atomic mass is 35.5. The maximum absolute atomic E-state index is 6.37. The summed E-state index contributed by atoms with van der Waals surface area (Å²) in [5.74, 6) is 0.534. The highest BCUT2D eigenvalue weighted by molar-refractivity contribution is 6.31. The van der Waals surface area contributed by atoms with Gasteiger partial charge in [0.05, 0.1) is 16.4 Å². The average Bonchev–Trinajstić information content (AvgIpc) is 2.55. The molecular formula is C13H22Cl2N2.